The maximum Gasteiger partial charge on any atom is 0.225 e. The molecule has 0 radical (unpaired) electrons. The van der Waals surface area contributed by atoms with Crippen molar-refractivity contribution in [3.05, 3.63) is 35.5 Å². The number of fused-ring (bicyclic) bond motifs is 1. The van der Waals surface area contributed by atoms with Gasteiger partial charge in [-0.15, -0.1) is 0 Å². The fraction of sp³-hybridized carbons (Fsp3) is 0.545. The second kappa shape index (κ2) is 8.97. The minimum atomic E-state index is -0.239. The number of hydrogen-bond acceptors (Lipinski definition) is 4. The minimum Gasteiger partial charge on any atom is -0.379 e. The minimum absolute atomic E-state index is 0.00294. The highest BCUT2D eigenvalue weighted by atomic mass is 16.5. The van der Waals surface area contributed by atoms with E-state index in [2.05, 4.69) is 40.3 Å². The average Bonchev–Trinajstić information content (AvgIpc) is 3.30. The van der Waals surface area contributed by atoms with E-state index in [0.717, 1.165) is 44.8 Å². The summed E-state index contributed by atoms with van der Waals surface area (Å²) >= 11 is 0. The number of aromatic nitrogens is 1. The molecule has 3 heterocycles. The molecule has 0 unspecified atom stereocenters. The number of carbonyl (C=O) groups excluding carboxylic acids is 2. The molecule has 0 aliphatic carbocycles. The van der Waals surface area contributed by atoms with Crippen molar-refractivity contribution in [1.29, 1.82) is 0 Å². The Balaban J connectivity index is 1.25. The van der Waals surface area contributed by atoms with Crippen LogP contribution in [0.5, 0.6) is 0 Å². The van der Waals surface area contributed by atoms with Crippen molar-refractivity contribution in [2.75, 3.05) is 52.5 Å². The molecule has 7 heteroatoms. The molecule has 0 spiro atoms. The Morgan fingerprint density at radius 1 is 1.28 bits per heavy atom. The molecule has 4 rings (SSSR count). The third-order valence-corrected chi connectivity index (χ3v) is 5.99. The number of benzene rings is 1. The highest BCUT2D eigenvalue weighted by Gasteiger charge is 2.33. The van der Waals surface area contributed by atoms with Crippen molar-refractivity contribution < 1.29 is 14.3 Å². The van der Waals surface area contributed by atoms with Gasteiger partial charge in [-0.05, 0) is 31.0 Å². The number of H-pyrrole nitrogens is 1. The van der Waals surface area contributed by atoms with Gasteiger partial charge in [-0.1, -0.05) is 11.6 Å². The Morgan fingerprint density at radius 2 is 2.10 bits per heavy atom. The standard InChI is InChI=1S/C22H30N4O3/c1-16-2-3-20-19(12-16)17(14-24-20)4-6-26-15-18(13-21(26)27)22(28)23-5-7-25-8-10-29-11-9-25/h2-3,12,14,18,24H,4-11,13,15H2,1H3,(H,23,28)/t18-/m1/s1. The number of aryl methyl sites for hydroxylation is 1. The molecule has 2 aromatic rings. The molecule has 2 aliphatic heterocycles. The van der Waals surface area contributed by atoms with E-state index in [-0.39, 0.29) is 17.7 Å². The first-order valence-electron chi connectivity index (χ1n) is 10.5. The molecule has 2 aliphatic rings. The van der Waals surface area contributed by atoms with Crippen LogP contribution >= 0.6 is 0 Å². The Kier molecular flexibility index (Phi) is 6.16. The van der Waals surface area contributed by atoms with Gasteiger partial charge >= 0.3 is 0 Å². The lowest BCUT2D eigenvalue weighted by molar-refractivity contribution is -0.129. The van der Waals surface area contributed by atoms with Crippen LogP contribution < -0.4 is 5.32 Å². The zero-order valence-corrected chi connectivity index (χ0v) is 17.1. The number of ether oxygens (including phenoxy) is 1. The second-order valence-electron chi connectivity index (χ2n) is 8.10. The number of nitrogens with one attached hydrogen (secondary N) is 2. The number of amides is 2. The first-order valence-corrected chi connectivity index (χ1v) is 10.5. The maximum absolute atomic E-state index is 12.5. The van der Waals surface area contributed by atoms with Crippen LogP contribution in [-0.4, -0.2) is 79.1 Å². The molecular weight excluding hydrogens is 368 g/mol. The lowest BCUT2D eigenvalue weighted by Crippen LogP contribution is -2.42. The van der Waals surface area contributed by atoms with E-state index in [1.807, 2.05) is 11.1 Å². The Labute approximate surface area is 171 Å². The van der Waals surface area contributed by atoms with E-state index in [1.54, 1.807) is 0 Å². The number of aromatic amines is 1. The zero-order valence-electron chi connectivity index (χ0n) is 17.1. The molecule has 0 bridgehead atoms. The summed E-state index contributed by atoms with van der Waals surface area (Å²) in [4.78, 5) is 32.3. The Bertz CT molecular complexity index is 872. The van der Waals surface area contributed by atoms with Crippen LogP contribution in [0.15, 0.2) is 24.4 Å². The van der Waals surface area contributed by atoms with Crippen molar-refractivity contribution in [3.63, 3.8) is 0 Å². The van der Waals surface area contributed by atoms with Crippen LogP contribution in [-0.2, 0) is 20.7 Å². The van der Waals surface area contributed by atoms with Gasteiger partial charge in [0.25, 0.3) is 0 Å². The van der Waals surface area contributed by atoms with E-state index in [4.69, 9.17) is 4.74 Å². The molecule has 7 nitrogen and oxygen atoms in total. The van der Waals surface area contributed by atoms with Crippen LogP contribution in [0, 0.1) is 12.8 Å². The highest BCUT2D eigenvalue weighted by molar-refractivity contribution is 5.89. The Hall–Kier alpha value is -2.38. The number of rotatable bonds is 7. The molecule has 29 heavy (non-hydrogen) atoms. The molecular formula is C22H30N4O3. The van der Waals surface area contributed by atoms with E-state index >= 15 is 0 Å². The van der Waals surface area contributed by atoms with Gasteiger partial charge in [0.05, 0.1) is 19.1 Å². The predicted molar refractivity (Wildman–Crippen MR) is 112 cm³/mol. The van der Waals surface area contributed by atoms with Gasteiger partial charge in [-0.3, -0.25) is 14.5 Å². The summed E-state index contributed by atoms with van der Waals surface area (Å²) in [5.41, 5.74) is 3.56. The number of hydrogen-bond donors (Lipinski definition) is 2. The molecule has 1 atom stereocenters. The largest absolute Gasteiger partial charge is 0.379 e. The molecule has 2 amide bonds. The molecule has 156 valence electrons. The van der Waals surface area contributed by atoms with Gasteiger partial charge in [0.15, 0.2) is 0 Å². The molecule has 2 saturated heterocycles. The SMILES string of the molecule is Cc1ccc2[nH]cc(CCN3C[C@H](C(=O)NCCN4CCOCC4)CC3=O)c2c1. The van der Waals surface area contributed by atoms with E-state index < -0.39 is 0 Å². The van der Waals surface area contributed by atoms with Gasteiger partial charge in [0, 0.05) is 62.8 Å². The number of nitrogens with zero attached hydrogens (tertiary/aromatic N) is 2. The van der Waals surface area contributed by atoms with Crippen LogP contribution in [0.25, 0.3) is 10.9 Å². The zero-order chi connectivity index (χ0) is 20.2. The number of carbonyl (C=O) groups is 2. The molecule has 1 aromatic heterocycles. The van der Waals surface area contributed by atoms with E-state index in [9.17, 15) is 9.59 Å². The summed E-state index contributed by atoms with van der Waals surface area (Å²) in [6.45, 7) is 8.06. The van der Waals surface area contributed by atoms with Gasteiger partial charge in [-0.2, -0.15) is 0 Å². The van der Waals surface area contributed by atoms with Crippen molar-refractivity contribution in [2.24, 2.45) is 5.92 Å². The van der Waals surface area contributed by atoms with Crippen LogP contribution in [0.2, 0.25) is 0 Å². The molecule has 2 fully saturated rings. The highest BCUT2D eigenvalue weighted by Crippen LogP contribution is 2.22. The normalized spacial score (nSPS) is 20.5. The first kappa shape index (κ1) is 19.9. The van der Waals surface area contributed by atoms with Crippen molar-refractivity contribution >= 4 is 22.7 Å². The summed E-state index contributed by atoms with van der Waals surface area (Å²) < 4.78 is 5.34. The maximum atomic E-state index is 12.5. The van der Waals surface area contributed by atoms with Gasteiger partial charge in [0.2, 0.25) is 11.8 Å². The summed E-state index contributed by atoms with van der Waals surface area (Å²) in [7, 11) is 0. The van der Waals surface area contributed by atoms with E-state index in [1.165, 1.54) is 16.5 Å². The predicted octanol–water partition coefficient (Wildman–Crippen LogP) is 1.32. The lowest BCUT2D eigenvalue weighted by Gasteiger charge is -2.26. The number of likely N-dealkylation sites (tertiary alicyclic amines) is 1. The molecule has 1 aromatic carbocycles. The third kappa shape index (κ3) is 4.79. The smallest absolute Gasteiger partial charge is 0.225 e. The van der Waals surface area contributed by atoms with Crippen LogP contribution in [0.4, 0.5) is 0 Å². The molecule has 2 N–H and O–H groups in total. The average molecular weight is 399 g/mol. The summed E-state index contributed by atoms with van der Waals surface area (Å²) in [6, 6.07) is 6.36. The quantitative estimate of drug-likeness (QED) is 0.737. The topological polar surface area (TPSA) is 77.7 Å². The summed E-state index contributed by atoms with van der Waals surface area (Å²) in [5, 5.41) is 4.22. The molecule has 0 saturated carbocycles. The fourth-order valence-corrected chi connectivity index (χ4v) is 4.22. The first-order chi connectivity index (χ1) is 14.1. The van der Waals surface area contributed by atoms with Crippen molar-refractivity contribution in [1.82, 2.24) is 20.1 Å². The van der Waals surface area contributed by atoms with Gasteiger partial charge in [-0.25, -0.2) is 0 Å². The van der Waals surface area contributed by atoms with Gasteiger partial charge < -0.3 is 19.9 Å². The van der Waals surface area contributed by atoms with Crippen LogP contribution in [0.3, 0.4) is 0 Å². The van der Waals surface area contributed by atoms with Gasteiger partial charge in [0.1, 0.15) is 0 Å². The lowest BCUT2D eigenvalue weighted by atomic mass is 10.1. The van der Waals surface area contributed by atoms with E-state index in [0.29, 0.717) is 26.1 Å². The second-order valence-corrected chi connectivity index (χ2v) is 8.10. The Morgan fingerprint density at radius 3 is 2.93 bits per heavy atom. The summed E-state index contributed by atoms with van der Waals surface area (Å²) in [6.07, 6.45) is 3.14. The van der Waals surface area contributed by atoms with Crippen molar-refractivity contribution in [3.8, 4) is 0 Å². The number of morpholine rings is 1. The fourth-order valence-electron chi connectivity index (χ4n) is 4.22. The van der Waals surface area contributed by atoms with Crippen LogP contribution in [0.1, 0.15) is 17.5 Å². The monoisotopic (exact) mass is 398 g/mol. The third-order valence-electron chi connectivity index (χ3n) is 5.99. The summed E-state index contributed by atoms with van der Waals surface area (Å²) in [5.74, 6) is -0.163. The van der Waals surface area contributed by atoms with Crippen molar-refractivity contribution in [2.45, 2.75) is 19.8 Å².